The van der Waals surface area contributed by atoms with Gasteiger partial charge in [-0.2, -0.15) is 0 Å². The van der Waals surface area contributed by atoms with Crippen molar-refractivity contribution in [1.82, 2.24) is 4.98 Å². The Morgan fingerprint density at radius 3 is 2.67 bits per heavy atom. The van der Waals surface area contributed by atoms with Crippen molar-refractivity contribution in [3.05, 3.63) is 58.3 Å². The van der Waals surface area contributed by atoms with Crippen molar-refractivity contribution in [3.8, 4) is 0 Å². The molecule has 0 saturated heterocycles. The molecule has 0 aliphatic rings. The van der Waals surface area contributed by atoms with Crippen LogP contribution in [0.3, 0.4) is 0 Å². The number of nitrogens with two attached hydrogens (primary N) is 1. The second kappa shape index (κ2) is 6.43. The molecule has 1 heterocycles. The molecule has 2 rings (SSSR count). The molecule has 0 spiro atoms. The number of thioether (sulfide) groups is 1. The van der Waals surface area contributed by atoms with Crippen molar-refractivity contribution in [2.75, 3.05) is 6.54 Å². The van der Waals surface area contributed by atoms with E-state index >= 15 is 0 Å². The van der Waals surface area contributed by atoms with Crippen LogP contribution < -0.4 is 5.73 Å². The molecule has 0 radical (unpaired) electrons. The zero-order valence-electron chi connectivity index (χ0n) is 9.51. The molecule has 0 fully saturated rings. The molecule has 5 heteroatoms. The van der Waals surface area contributed by atoms with Gasteiger partial charge in [0.15, 0.2) is 0 Å². The van der Waals surface area contributed by atoms with Crippen LogP contribution in [0.4, 0.5) is 0 Å². The van der Waals surface area contributed by atoms with E-state index in [0.717, 1.165) is 10.5 Å². The van der Waals surface area contributed by atoms with E-state index in [4.69, 9.17) is 28.9 Å². The Kier molecular flexibility index (Phi) is 4.89. The van der Waals surface area contributed by atoms with Gasteiger partial charge in [-0.3, -0.25) is 4.98 Å². The minimum absolute atomic E-state index is 0.163. The summed E-state index contributed by atoms with van der Waals surface area (Å²) in [6.07, 6.45) is 3.59. The lowest BCUT2D eigenvalue weighted by atomic mass is 10.2. The summed E-state index contributed by atoms with van der Waals surface area (Å²) in [7, 11) is 0. The lowest BCUT2D eigenvalue weighted by Crippen LogP contribution is -2.09. The number of pyridine rings is 1. The van der Waals surface area contributed by atoms with E-state index in [1.165, 1.54) is 0 Å². The minimum atomic E-state index is 0.163. The zero-order chi connectivity index (χ0) is 13.0. The number of rotatable bonds is 4. The number of nitrogens with zero attached hydrogens (tertiary/aromatic N) is 1. The molecule has 0 bridgehead atoms. The molecule has 18 heavy (non-hydrogen) atoms. The standard InChI is InChI=1S/C13H12Cl2N2S/c14-11-4-3-10(6-12(11)15)18-13(7-16)9-2-1-5-17-8-9/h1-6,8,13H,7,16H2. The van der Waals surface area contributed by atoms with Gasteiger partial charge in [0, 0.05) is 29.1 Å². The van der Waals surface area contributed by atoms with Gasteiger partial charge < -0.3 is 5.73 Å². The quantitative estimate of drug-likeness (QED) is 0.861. The van der Waals surface area contributed by atoms with Crippen LogP contribution in [0.5, 0.6) is 0 Å². The fourth-order valence-electron chi connectivity index (χ4n) is 1.53. The Morgan fingerprint density at radius 1 is 1.22 bits per heavy atom. The highest BCUT2D eigenvalue weighted by atomic mass is 35.5. The Bertz CT molecular complexity index is 520. The van der Waals surface area contributed by atoms with Crippen LogP contribution in [-0.2, 0) is 0 Å². The maximum absolute atomic E-state index is 6.00. The van der Waals surface area contributed by atoms with Crippen molar-refractivity contribution in [3.63, 3.8) is 0 Å². The number of aromatic nitrogens is 1. The smallest absolute Gasteiger partial charge is 0.0603 e. The first-order chi connectivity index (χ1) is 8.70. The van der Waals surface area contributed by atoms with Crippen molar-refractivity contribution < 1.29 is 0 Å². The molecule has 0 amide bonds. The van der Waals surface area contributed by atoms with Gasteiger partial charge in [0.1, 0.15) is 0 Å². The molecule has 0 aliphatic carbocycles. The summed E-state index contributed by atoms with van der Waals surface area (Å²) in [6, 6.07) is 9.52. The van der Waals surface area contributed by atoms with E-state index in [-0.39, 0.29) is 5.25 Å². The predicted molar refractivity (Wildman–Crippen MR) is 78.4 cm³/mol. The molecule has 94 valence electrons. The molecule has 0 saturated carbocycles. The third-order valence-corrected chi connectivity index (χ3v) is 4.45. The highest BCUT2D eigenvalue weighted by Crippen LogP contribution is 2.36. The number of hydrogen-bond donors (Lipinski definition) is 1. The maximum Gasteiger partial charge on any atom is 0.0603 e. The summed E-state index contributed by atoms with van der Waals surface area (Å²) in [5.74, 6) is 0. The first-order valence-corrected chi connectivity index (χ1v) is 7.06. The van der Waals surface area contributed by atoms with Gasteiger partial charge >= 0.3 is 0 Å². The fourth-order valence-corrected chi connectivity index (χ4v) is 2.93. The van der Waals surface area contributed by atoms with E-state index < -0.39 is 0 Å². The summed E-state index contributed by atoms with van der Waals surface area (Å²) >= 11 is 13.5. The molecule has 2 nitrogen and oxygen atoms in total. The zero-order valence-corrected chi connectivity index (χ0v) is 11.8. The third-order valence-electron chi connectivity index (χ3n) is 2.44. The lowest BCUT2D eigenvalue weighted by Gasteiger charge is -2.14. The van der Waals surface area contributed by atoms with E-state index in [0.29, 0.717) is 16.6 Å². The number of hydrogen-bond acceptors (Lipinski definition) is 3. The first-order valence-electron chi connectivity index (χ1n) is 5.42. The first kappa shape index (κ1) is 13.7. The van der Waals surface area contributed by atoms with Crippen LogP contribution >= 0.6 is 35.0 Å². The van der Waals surface area contributed by atoms with E-state index in [1.807, 2.05) is 30.5 Å². The molecule has 2 N–H and O–H groups in total. The maximum atomic E-state index is 6.00. The second-order valence-corrected chi connectivity index (χ2v) is 5.80. The SMILES string of the molecule is NCC(Sc1ccc(Cl)c(Cl)c1)c1cccnc1. The van der Waals surface area contributed by atoms with Gasteiger partial charge in [0.05, 0.1) is 10.0 Å². The second-order valence-electron chi connectivity index (χ2n) is 3.70. The van der Waals surface area contributed by atoms with Crippen LogP contribution in [0.15, 0.2) is 47.6 Å². The van der Waals surface area contributed by atoms with Gasteiger partial charge in [-0.15, -0.1) is 11.8 Å². The van der Waals surface area contributed by atoms with Crippen LogP contribution in [0.2, 0.25) is 10.0 Å². The van der Waals surface area contributed by atoms with Crippen LogP contribution in [0, 0.1) is 0 Å². The van der Waals surface area contributed by atoms with Gasteiger partial charge in [-0.05, 0) is 29.8 Å². The van der Waals surface area contributed by atoms with Gasteiger partial charge in [-0.1, -0.05) is 29.3 Å². The molecule has 1 atom stereocenters. The normalized spacial score (nSPS) is 12.4. The average Bonchev–Trinajstić information content (AvgIpc) is 2.41. The number of benzene rings is 1. The topological polar surface area (TPSA) is 38.9 Å². The van der Waals surface area contributed by atoms with Gasteiger partial charge in [-0.25, -0.2) is 0 Å². The molecule has 2 aromatic rings. The summed E-state index contributed by atoms with van der Waals surface area (Å²) in [5.41, 5.74) is 6.92. The van der Waals surface area contributed by atoms with Crippen LogP contribution in [-0.4, -0.2) is 11.5 Å². The monoisotopic (exact) mass is 298 g/mol. The Balaban J connectivity index is 2.18. The highest BCUT2D eigenvalue weighted by Gasteiger charge is 2.12. The van der Waals surface area contributed by atoms with Crippen molar-refractivity contribution in [2.45, 2.75) is 10.1 Å². The van der Waals surface area contributed by atoms with Crippen LogP contribution in [0.25, 0.3) is 0 Å². The van der Waals surface area contributed by atoms with Gasteiger partial charge in [0.25, 0.3) is 0 Å². The Morgan fingerprint density at radius 2 is 2.06 bits per heavy atom. The van der Waals surface area contributed by atoms with Crippen molar-refractivity contribution in [2.24, 2.45) is 5.73 Å². The fraction of sp³-hybridized carbons (Fsp3) is 0.154. The molecule has 0 aliphatic heterocycles. The summed E-state index contributed by atoms with van der Waals surface area (Å²) < 4.78 is 0. The molecule has 1 unspecified atom stereocenters. The lowest BCUT2D eigenvalue weighted by molar-refractivity contribution is 0.932. The summed E-state index contributed by atoms with van der Waals surface area (Å²) in [4.78, 5) is 5.16. The largest absolute Gasteiger partial charge is 0.329 e. The molecular formula is C13H12Cl2N2S. The van der Waals surface area contributed by atoms with E-state index in [9.17, 15) is 0 Å². The summed E-state index contributed by atoms with van der Waals surface area (Å²) in [5, 5.41) is 1.28. The van der Waals surface area contributed by atoms with Crippen molar-refractivity contribution in [1.29, 1.82) is 0 Å². The third kappa shape index (κ3) is 3.39. The molecular weight excluding hydrogens is 287 g/mol. The van der Waals surface area contributed by atoms with Gasteiger partial charge in [0.2, 0.25) is 0 Å². The van der Waals surface area contributed by atoms with Crippen LogP contribution in [0.1, 0.15) is 10.8 Å². The van der Waals surface area contributed by atoms with E-state index in [2.05, 4.69) is 4.98 Å². The van der Waals surface area contributed by atoms with Crippen molar-refractivity contribution >= 4 is 35.0 Å². The minimum Gasteiger partial charge on any atom is -0.329 e. The Hall–Kier alpha value is -0.740. The average molecular weight is 299 g/mol. The summed E-state index contributed by atoms with van der Waals surface area (Å²) in [6.45, 7) is 0.538. The molecule has 1 aromatic heterocycles. The highest BCUT2D eigenvalue weighted by molar-refractivity contribution is 7.99. The Labute approximate surface area is 121 Å². The number of halogens is 2. The van der Waals surface area contributed by atoms with E-state index in [1.54, 1.807) is 24.0 Å². The molecule has 1 aromatic carbocycles. The predicted octanol–water partition coefficient (Wildman–Crippen LogP) is 4.18.